The lowest BCUT2D eigenvalue weighted by Gasteiger charge is -2.15. The van der Waals surface area contributed by atoms with E-state index in [-0.39, 0.29) is 23.6 Å². The largest absolute Gasteiger partial charge is 0.494 e. The fourth-order valence-electron chi connectivity index (χ4n) is 4.61. The average molecular weight is 512 g/mol. The molecule has 0 atom stereocenters. The molecule has 0 bridgehead atoms. The van der Waals surface area contributed by atoms with Gasteiger partial charge in [0.15, 0.2) is 5.82 Å². The highest BCUT2D eigenvalue weighted by Crippen LogP contribution is 2.45. The summed E-state index contributed by atoms with van der Waals surface area (Å²) in [4.78, 5) is 28.9. The van der Waals surface area contributed by atoms with E-state index in [1.165, 1.54) is 12.3 Å². The van der Waals surface area contributed by atoms with Crippen LogP contribution in [0.4, 0.5) is 14.9 Å². The molecule has 4 aromatic rings. The van der Waals surface area contributed by atoms with Gasteiger partial charge in [0, 0.05) is 23.7 Å². The van der Waals surface area contributed by atoms with Gasteiger partial charge >= 0.3 is 6.09 Å². The van der Waals surface area contributed by atoms with Crippen molar-refractivity contribution < 1.29 is 23.5 Å². The van der Waals surface area contributed by atoms with E-state index in [0.29, 0.717) is 29.7 Å². The second-order valence-corrected chi connectivity index (χ2v) is 8.94. The third-order valence-electron chi connectivity index (χ3n) is 6.34. The van der Waals surface area contributed by atoms with Gasteiger partial charge in [-0.15, -0.1) is 0 Å². The predicted molar refractivity (Wildman–Crippen MR) is 142 cm³/mol. The van der Waals surface area contributed by atoms with Crippen molar-refractivity contribution >= 4 is 17.7 Å². The summed E-state index contributed by atoms with van der Waals surface area (Å²) in [5, 5.41) is 2.49. The first-order valence-electron chi connectivity index (χ1n) is 12.3. The molecule has 7 nitrogen and oxygen atoms in total. The van der Waals surface area contributed by atoms with E-state index >= 15 is 4.39 Å². The van der Waals surface area contributed by atoms with Crippen molar-refractivity contribution in [3.63, 3.8) is 0 Å². The Kier molecular flexibility index (Phi) is 7.04. The number of fused-ring (bicyclic) bond motifs is 3. The minimum absolute atomic E-state index is 0.0326. The van der Waals surface area contributed by atoms with Crippen LogP contribution in [0.1, 0.15) is 40.5 Å². The summed E-state index contributed by atoms with van der Waals surface area (Å²) in [6, 6.07) is 19.6. The van der Waals surface area contributed by atoms with Gasteiger partial charge in [0.1, 0.15) is 18.1 Å². The van der Waals surface area contributed by atoms with Crippen LogP contribution in [-0.2, 0) is 17.8 Å². The number of benzene rings is 3. The highest BCUT2D eigenvalue weighted by atomic mass is 19.1. The maximum Gasteiger partial charge on any atom is 0.412 e. The third kappa shape index (κ3) is 4.93. The first-order valence-corrected chi connectivity index (χ1v) is 12.3. The van der Waals surface area contributed by atoms with Crippen molar-refractivity contribution in [1.29, 1.82) is 0 Å². The van der Waals surface area contributed by atoms with Crippen LogP contribution in [0, 0.1) is 5.82 Å². The van der Waals surface area contributed by atoms with E-state index in [0.717, 1.165) is 28.9 Å². The monoisotopic (exact) mass is 511 g/mol. The summed E-state index contributed by atoms with van der Waals surface area (Å²) in [6.07, 6.45) is 1.96. The van der Waals surface area contributed by atoms with E-state index < -0.39 is 17.8 Å². The quantitative estimate of drug-likeness (QED) is 0.262. The van der Waals surface area contributed by atoms with E-state index in [9.17, 15) is 9.59 Å². The highest BCUT2D eigenvalue weighted by Gasteiger charge is 2.29. The summed E-state index contributed by atoms with van der Waals surface area (Å²) >= 11 is 0. The molecule has 0 saturated carbocycles. The number of primary amides is 1. The number of nitrogens with two attached hydrogens (primary N) is 1. The molecule has 1 heterocycles. The van der Waals surface area contributed by atoms with Crippen molar-refractivity contribution in [2.45, 2.75) is 26.4 Å². The Balaban J connectivity index is 1.49. The van der Waals surface area contributed by atoms with Gasteiger partial charge in [-0.25, -0.2) is 9.18 Å². The number of carbonyl (C=O) groups is 2. The van der Waals surface area contributed by atoms with Gasteiger partial charge < -0.3 is 15.2 Å². The summed E-state index contributed by atoms with van der Waals surface area (Å²) in [6.45, 7) is 2.67. The van der Waals surface area contributed by atoms with E-state index in [4.69, 9.17) is 15.2 Å². The lowest BCUT2D eigenvalue weighted by atomic mass is 9.94. The van der Waals surface area contributed by atoms with Gasteiger partial charge in [0.25, 0.3) is 5.91 Å². The number of nitrogens with zero attached hydrogens (tertiary/aromatic N) is 1. The first kappa shape index (κ1) is 25.0. The number of halogens is 1. The number of nitrogens with one attached hydrogen (secondary N) is 1. The maximum absolute atomic E-state index is 15.8. The topological polar surface area (TPSA) is 104 Å². The van der Waals surface area contributed by atoms with Crippen LogP contribution in [-0.4, -0.2) is 23.6 Å². The second kappa shape index (κ2) is 10.7. The molecule has 8 heteroatoms. The van der Waals surface area contributed by atoms with Gasteiger partial charge in [-0.05, 0) is 52.4 Å². The van der Waals surface area contributed by atoms with Crippen LogP contribution in [0.5, 0.6) is 5.75 Å². The molecule has 3 aromatic carbocycles. The molecule has 0 aliphatic heterocycles. The van der Waals surface area contributed by atoms with Crippen molar-refractivity contribution in [3.8, 4) is 28.0 Å². The van der Waals surface area contributed by atoms with Crippen molar-refractivity contribution in [2.24, 2.45) is 5.73 Å². The number of hydrogen-bond acceptors (Lipinski definition) is 5. The van der Waals surface area contributed by atoms with E-state index in [1.807, 2.05) is 55.5 Å². The molecule has 0 fully saturated rings. The Morgan fingerprint density at radius 3 is 2.61 bits per heavy atom. The first-order chi connectivity index (χ1) is 18.5. The molecule has 1 aliphatic rings. The molecule has 0 radical (unpaired) electrons. The number of ether oxygens (including phenoxy) is 2. The lowest BCUT2D eigenvalue weighted by molar-refractivity contribution is 0.0994. The Hall–Kier alpha value is -4.72. The van der Waals surface area contributed by atoms with Crippen LogP contribution in [0.2, 0.25) is 0 Å². The fraction of sp³-hybridized carbons (Fsp3) is 0.167. The number of aromatic nitrogens is 1. The molecule has 5 rings (SSSR count). The average Bonchev–Trinajstić information content (AvgIpc) is 3.31. The normalized spacial score (nSPS) is 11.4. The molecule has 2 amide bonds. The second-order valence-electron chi connectivity index (χ2n) is 8.94. The number of hydrogen-bond donors (Lipinski definition) is 2. The summed E-state index contributed by atoms with van der Waals surface area (Å²) < 4.78 is 26.8. The SMILES string of the molecule is CCCOc1ccc2c(c1)Cc1c(C(N)=O)ncc(-c3cccc(NC(=O)OCc4ccccc4)c3F)c1-2. The summed E-state index contributed by atoms with van der Waals surface area (Å²) in [5.41, 5.74) is 10.4. The van der Waals surface area contributed by atoms with Gasteiger partial charge in [-0.3, -0.25) is 15.1 Å². The Morgan fingerprint density at radius 1 is 1.03 bits per heavy atom. The molecule has 0 saturated heterocycles. The Bertz CT molecular complexity index is 1520. The highest BCUT2D eigenvalue weighted by molar-refractivity contribution is 6.00. The third-order valence-corrected chi connectivity index (χ3v) is 6.34. The van der Waals surface area contributed by atoms with Gasteiger partial charge in [-0.1, -0.05) is 55.5 Å². The number of carbonyl (C=O) groups excluding carboxylic acids is 2. The molecule has 38 heavy (non-hydrogen) atoms. The smallest absolute Gasteiger partial charge is 0.412 e. The molecule has 1 aromatic heterocycles. The number of amides is 2. The summed E-state index contributed by atoms with van der Waals surface area (Å²) in [7, 11) is 0. The standard InChI is InChI=1S/C30H26FN3O4/c1-2-13-37-20-11-12-21-19(14-20)15-23-26(21)24(16-33-28(23)29(32)35)22-9-6-10-25(27(22)31)34-30(36)38-17-18-7-4-3-5-8-18/h3-12,14,16H,2,13,15,17H2,1H3,(H2,32,35)(H,34,36). The van der Waals surface area contributed by atoms with Crippen molar-refractivity contribution in [2.75, 3.05) is 11.9 Å². The number of anilines is 1. The van der Waals surface area contributed by atoms with Crippen LogP contribution in [0.3, 0.4) is 0 Å². The van der Waals surface area contributed by atoms with Crippen molar-refractivity contribution in [3.05, 3.63) is 101 Å². The Morgan fingerprint density at radius 2 is 1.84 bits per heavy atom. The molecule has 3 N–H and O–H groups in total. The maximum atomic E-state index is 15.8. The minimum Gasteiger partial charge on any atom is -0.494 e. The molecule has 192 valence electrons. The molecule has 0 unspecified atom stereocenters. The van der Waals surface area contributed by atoms with Gasteiger partial charge in [0.05, 0.1) is 12.3 Å². The minimum atomic E-state index is -0.776. The molecule has 1 aliphatic carbocycles. The van der Waals surface area contributed by atoms with Crippen LogP contribution in [0.25, 0.3) is 22.3 Å². The zero-order valence-corrected chi connectivity index (χ0v) is 20.8. The van der Waals surface area contributed by atoms with E-state index in [2.05, 4.69) is 10.3 Å². The van der Waals surface area contributed by atoms with Gasteiger partial charge in [-0.2, -0.15) is 0 Å². The zero-order chi connectivity index (χ0) is 26.6. The molecular weight excluding hydrogens is 485 g/mol. The van der Waals surface area contributed by atoms with Crippen molar-refractivity contribution in [1.82, 2.24) is 4.98 Å². The Labute approximate surface area is 219 Å². The zero-order valence-electron chi connectivity index (χ0n) is 20.8. The summed E-state index contributed by atoms with van der Waals surface area (Å²) in [5.74, 6) is -0.573. The van der Waals surface area contributed by atoms with Gasteiger partial charge in [0.2, 0.25) is 0 Å². The number of pyridine rings is 1. The lowest BCUT2D eigenvalue weighted by Crippen LogP contribution is -2.16. The van der Waals surface area contributed by atoms with Crippen LogP contribution in [0.15, 0.2) is 72.9 Å². The molecule has 0 spiro atoms. The van der Waals surface area contributed by atoms with Crippen LogP contribution < -0.4 is 15.8 Å². The number of rotatable bonds is 8. The van der Waals surface area contributed by atoms with Crippen LogP contribution >= 0.6 is 0 Å². The molecular formula is C30H26FN3O4. The van der Waals surface area contributed by atoms with E-state index in [1.54, 1.807) is 12.1 Å². The fourth-order valence-corrected chi connectivity index (χ4v) is 4.61. The predicted octanol–water partition coefficient (Wildman–Crippen LogP) is 6.10.